The van der Waals surface area contributed by atoms with Gasteiger partial charge in [0.1, 0.15) is 17.2 Å². The summed E-state index contributed by atoms with van der Waals surface area (Å²) in [7, 11) is 0. The number of nitrogens with zero attached hydrogens (tertiary/aromatic N) is 5. The molecule has 47 heavy (non-hydrogen) atoms. The molecule has 5 aromatic rings. The van der Waals surface area contributed by atoms with E-state index in [0.29, 0.717) is 64.9 Å². The lowest BCUT2D eigenvalue weighted by Gasteiger charge is -2.25. The summed E-state index contributed by atoms with van der Waals surface area (Å²) in [6.07, 6.45) is 5.01. The van der Waals surface area contributed by atoms with Crippen molar-refractivity contribution in [3.63, 3.8) is 0 Å². The van der Waals surface area contributed by atoms with E-state index in [1.807, 2.05) is 51.1 Å². The van der Waals surface area contributed by atoms with Crippen LogP contribution in [0.25, 0.3) is 33.7 Å². The van der Waals surface area contributed by atoms with Crippen molar-refractivity contribution < 1.29 is 23.2 Å². The van der Waals surface area contributed by atoms with E-state index < -0.39 is 11.7 Å². The molecule has 0 atom stereocenters. The van der Waals surface area contributed by atoms with Crippen LogP contribution >= 0.6 is 0 Å². The maximum Gasteiger partial charge on any atom is 0.315 e. The van der Waals surface area contributed by atoms with Gasteiger partial charge in [-0.1, -0.05) is 56.3 Å². The third-order valence-corrected chi connectivity index (χ3v) is 7.62. The summed E-state index contributed by atoms with van der Waals surface area (Å²) in [5.41, 5.74) is 3.66. The summed E-state index contributed by atoms with van der Waals surface area (Å²) >= 11 is 0. The van der Waals surface area contributed by atoms with Crippen LogP contribution in [-0.2, 0) is 21.5 Å². The molecule has 0 bridgehead atoms. The van der Waals surface area contributed by atoms with Crippen LogP contribution in [0.1, 0.15) is 42.8 Å². The molecule has 242 valence electrons. The monoisotopic (exact) mass is 638 g/mol. The number of anilines is 1. The number of hydrogen-bond donors (Lipinski definition) is 3. The van der Waals surface area contributed by atoms with E-state index in [1.54, 1.807) is 24.4 Å². The highest BCUT2D eigenvalue weighted by Gasteiger charge is 2.24. The lowest BCUT2D eigenvalue weighted by Crippen LogP contribution is -2.36. The highest BCUT2D eigenvalue weighted by Crippen LogP contribution is 2.30. The number of rotatable bonds is 9. The Labute approximate surface area is 270 Å². The van der Waals surface area contributed by atoms with E-state index in [0.717, 1.165) is 18.7 Å². The van der Waals surface area contributed by atoms with Gasteiger partial charge in [0.2, 0.25) is 5.91 Å². The van der Waals surface area contributed by atoms with Gasteiger partial charge >= 0.3 is 11.8 Å². The second kappa shape index (κ2) is 13.6. The minimum atomic E-state index is -0.583. The van der Waals surface area contributed by atoms with Crippen LogP contribution in [0, 0.1) is 5.82 Å². The molecule has 0 radical (unpaired) electrons. The summed E-state index contributed by atoms with van der Waals surface area (Å²) in [5, 5.41) is 9.39. The number of aromatic nitrogens is 5. The van der Waals surface area contributed by atoms with Gasteiger partial charge in [0, 0.05) is 66.2 Å². The van der Waals surface area contributed by atoms with Gasteiger partial charge in [-0.3, -0.25) is 14.5 Å². The van der Waals surface area contributed by atoms with Crippen molar-refractivity contribution in [2.45, 2.75) is 32.7 Å². The van der Waals surface area contributed by atoms with Gasteiger partial charge in [0.05, 0.1) is 13.2 Å². The van der Waals surface area contributed by atoms with Crippen LogP contribution in [0.3, 0.4) is 0 Å². The standard InChI is InChI=1S/C34H35FN8O4/c1-34(2,3)33-41-32(47-42-33)31(45)37-20-23-10-9-21(19-26(23)35)25-11-12-36-30-28(25)39-29(40-30)22-6-4-7-24(18-22)38-27(44)8-5-13-43-14-16-46-17-15-43/h4-12,18-19H,13-17,20H2,1-3H3,(H,37,45)(H,38,44)(H,36,39,40)/b8-5+. The Hall–Kier alpha value is -5.27. The average Bonchev–Trinajstić information content (AvgIpc) is 3.73. The number of morpholine rings is 1. The number of nitrogens with one attached hydrogen (secondary N) is 3. The molecule has 0 unspecified atom stereocenters. The molecule has 6 rings (SSSR count). The SMILES string of the molecule is CC(C)(C)c1noc(C(=O)NCc2ccc(-c3ccnc4[nH]c(-c5cccc(NC(=O)/C=C/CN6CCOCC6)c5)nc34)cc2F)n1. The van der Waals surface area contributed by atoms with Gasteiger partial charge in [-0.15, -0.1) is 0 Å². The number of ether oxygens (including phenoxy) is 1. The number of carbonyl (C=O) groups is 2. The third-order valence-electron chi connectivity index (χ3n) is 7.62. The molecule has 3 N–H and O–H groups in total. The molecule has 2 aromatic carbocycles. The van der Waals surface area contributed by atoms with Gasteiger partial charge in [0.25, 0.3) is 0 Å². The van der Waals surface area contributed by atoms with Gasteiger partial charge in [0.15, 0.2) is 11.5 Å². The number of carbonyl (C=O) groups excluding carboxylic acids is 2. The lowest BCUT2D eigenvalue weighted by atomic mass is 9.96. The van der Waals surface area contributed by atoms with Crippen LogP contribution in [0.15, 0.2) is 71.4 Å². The fourth-order valence-electron chi connectivity index (χ4n) is 5.03. The Bertz CT molecular complexity index is 1940. The van der Waals surface area contributed by atoms with Gasteiger partial charge < -0.3 is 24.9 Å². The van der Waals surface area contributed by atoms with Crippen LogP contribution in [0.5, 0.6) is 0 Å². The number of halogens is 1. The Balaban J connectivity index is 1.14. The number of fused-ring (bicyclic) bond motifs is 1. The number of benzene rings is 2. The third kappa shape index (κ3) is 7.59. The zero-order chi connectivity index (χ0) is 33.0. The smallest absolute Gasteiger partial charge is 0.315 e. The molecule has 2 amide bonds. The van der Waals surface area contributed by atoms with Crippen LogP contribution in [0.2, 0.25) is 0 Å². The summed E-state index contributed by atoms with van der Waals surface area (Å²) in [4.78, 5) is 43.9. The molecule has 4 heterocycles. The largest absolute Gasteiger partial charge is 0.379 e. The van der Waals surface area contributed by atoms with Crippen molar-refractivity contribution >= 4 is 28.7 Å². The maximum atomic E-state index is 15.2. The molecule has 1 aliphatic rings. The van der Waals surface area contributed by atoms with Crippen LogP contribution in [-0.4, -0.2) is 74.7 Å². The number of amides is 2. The molecule has 1 fully saturated rings. The van der Waals surface area contributed by atoms with Crippen molar-refractivity contribution in [1.82, 2.24) is 35.3 Å². The average molecular weight is 639 g/mol. The van der Waals surface area contributed by atoms with E-state index >= 15 is 4.39 Å². The van der Waals surface area contributed by atoms with E-state index in [1.165, 1.54) is 12.1 Å². The molecular weight excluding hydrogens is 603 g/mol. The van der Waals surface area contributed by atoms with E-state index in [9.17, 15) is 9.59 Å². The minimum Gasteiger partial charge on any atom is -0.379 e. The molecule has 0 saturated carbocycles. The highest BCUT2D eigenvalue weighted by molar-refractivity contribution is 5.99. The Morgan fingerprint density at radius 3 is 2.66 bits per heavy atom. The van der Waals surface area contributed by atoms with E-state index in [2.05, 4.69) is 35.6 Å². The van der Waals surface area contributed by atoms with E-state index in [4.69, 9.17) is 14.2 Å². The first-order valence-electron chi connectivity index (χ1n) is 15.3. The fraction of sp³-hybridized carbons (Fsp3) is 0.294. The zero-order valence-corrected chi connectivity index (χ0v) is 26.3. The lowest BCUT2D eigenvalue weighted by molar-refractivity contribution is -0.111. The first kappa shape index (κ1) is 31.7. The topological polar surface area (TPSA) is 151 Å². The molecule has 3 aromatic heterocycles. The molecule has 1 saturated heterocycles. The predicted octanol–water partition coefficient (Wildman–Crippen LogP) is 4.87. The zero-order valence-electron chi connectivity index (χ0n) is 26.3. The second-order valence-corrected chi connectivity index (χ2v) is 12.2. The molecule has 1 aliphatic heterocycles. The number of pyridine rings is 1. The number of aromatic amines is 1. The molecule has 0 spiro atoms. The number of hydrogen-bond acceptors (Lipinski definition) is 9. The molecular formula is C34H35FN8O4. The van der Waals surface area contributed by atoms with Crippen molar-refractivity contribution in [3.05, 3.63) is 90.0 Å². The van der Waals surface area contributed by atoms with E-state index in [-0.39, 0.29) is 23.8 Å². The summed E-state index contributed by atoms with van der Waals surface area (Å²) in [6.45, 7) is 9.46. The molecule has 13 heteroatoms. The minimum absolute atomic E-state index is 0.0625. The van der Waals surface area contributed by atoms with Crippen molar-refractivity contribution in [2.75, 3.05) is 38.2 Å². The Kier molecular flexibility index (Phi) is 9.18. The van der Waals surface area contributed by atoms with Gasteiger partial charge in [-0.2, -0.15) is 4.98 Å². The van der Waals surface area contributed by atoms with Gasteiger partial charge in [-0.25, -0.2) is 14.4 Å². The quantitative estimate of drug-likeness (QED) is 0.192. The predicted molar refractivity (Wildman–Crippen MR) is 174 cm³/mol. The normalized spacial score (nSPS) is 14.1. The molecule has 12 nitrogen and oxygen atoms in total. The van der Waals surface area contributed by atoms with Crippen LogP contribution in [0.4, 0.5) is 10.1 Å². The van der Waals surface area contributed by atoms with Gasteiger partial charge in [-0.05, 0) is 29.8 Å². The summed E-state index contributed by atoms with van der Waals surface area (Å²) in [6, 6.07) is 13.9. The first-order chi connectivity index (χ1) is 22.6. The van der Waals surface area contributed by atoms with Crippen molar-refractivity contribution in [2.24, 2.45) is 0 Å². The highest BCUT2D eigenvalue weighted by atomic mass is 19.1. The summed E-state index contributed by atoms with van der Waals surface area (Å²) < 4.78 is 25.7. The second-order valence-electron chi connectivity index (χ2n) is 12.2. The number of imidazole rings is 1. The van der Waals surface area contributed by atoms with Crippen LogP contribution < -0.4 is 10.6 Å². The van der Waals surface area contributed by atoms with Crippen molar-refractivity contribution in [1.29, 1.82) is 0 Å². The Morgan fingerprint density at radius 2 is 1.89 bits per heavy atom. The Morgan fingerprint density at radius 1 is 1.06 bits per heavy atom. The first-order valence-corrected chi connectivity index (χ1v) is 15.3. The van der Waals surface area contributed by atoms with Crippen molar-refractivity contribution in [3.8, 4) is 22.5 Å². The maximum absolute atomic E-state index is 15.2. The fourth-order valence-corrected chi connectivity index (χ4v) is 5.03. The molecule has 0 aliphatic carbocycles. The summed E-state index contributed by atoms with van der Waals surface area (Å²) in [5.74, 6) is -0.518. The number of H-pyrrole nitrogens is 1.